The van der Waals surface area contributed by atoms with Gasteiger partial charge in [0.05, 0.1) is 11.5 Å². The summed E-state index contributed by atoms with van der Waals surface area (Å²) in [5.74, 6) is 1.25. The molecular formula is C15H18BrNO. The van der Waals surface area contributed by atoms with Gasteiger partial charge in [-0.1, -0.05) is 42.8 Å². The maximum atomic E-state index is 12.3. The summed E-state index contributed by atoms with van der Waals surface area (Å²) >= 11 is 3.70. The van der Waals surface area contributed by atoms with Gasteiger partial charge < -0.3 is 0 Å². The molecule has 3 rings (SSSR count). The number of ketones is 1. The number of carbonyl (C=O) groups is 1. The first-order valence-corrected chi connectivity index (χ1v) is 7.53. The highest BCUT2D eigenvalue weighted by atomic mass is 79.9. The molecule has 96 valence electrons. The maximum absolute atomic E-state index is 12.3. The summed E-state index contributed by atoms with van der Waals surface area (Å²) in [6.45, 7) is 6.53. The second-order valence-corrected chi connectivity index (χ2v) is 7.66. The SMILES string of the molecule is CC(C)[C@@H]1CC[C@@H](C)[C@]23C=CC(=O)[C@]2(Br)[C@@]13C#N. The van der Waals surface area contributed by atoms with Crippen LogP contribution >= 0.6 is 15.9 Å². The molecule has 2 saturated carbocycles. The number of carbonyl (C=O) groups excluding carboxylic acids is 1. The van der Waals surface area contributed by atoms with Gasteiger partial charge in [0.25, 0.3) is 0 Å². The van der Waals surface area contributed by atoms with E-state index < -0.39 is 9.74 Å². The Morgan fingerprint density at radius 2 is 2.17 bits per heavy atom. The lowest BCUT2D eigenvalue weighted by Crippen LogP contribution is -2.35. The first-order chi connectivity index (χ1) is 8.40. The van der Waals surface area contributed by atoms with Crippen LogP contribution in [0.3, 0.4) is 0 Å². The van der Waals surface area contributed by atoms with Gasteiger partial charge in [-0.05, 0) is 36.7 Å². The molecule has 3 aliphatic carbocycles. The Bertz CT molecular complexity index is 505. The second-order valence-electron chi connectivity index (χ2n) is 6.47. The van der Waals surface area contributed by atoms with Crippen LogP contribution in [0.25, 0.3) is 0 Å². The van der Waals surface area contributed by atoms with E-state index in [9.17, 15) is 10.1 Å². The average Bonchev–Trinajstić information content (AvgIpc) is 2.71. The fourth-order valence-corrected chi connectivity index (χ4v) is 6.55. The van der Waals surface area contributed by atoms with Gasteiger partial charge in [-0.2, -0.15) is 5.26 Å². The zero-order chi connectivity index (χ0) is 13.3. The first kappa shape index (κ1) is 12.4. The molecule has 2 nitrogen and oxygen atoms in total. The Hall–Kier alpha value is -0.620. The van der Waals surface area contributed by atoms with E-state index in [1.807, 2.05) is 6.08 Å². The fraction of sp³-hybridized carbons (Fsp3) is 0.733. The standard InChI is InChI=1S/C15H18BrNO/c1-9(2)11-5-4-10(3)13-7-6-12(18)15(13,16)14(11,13)8-17/h6-7,9-11H,4-5H2,1-3H3/t10-,11+,13+,14+,15-/m1/s1. The van der Waals surface area contributed by atoms with Gasteiger partial charge in [-0.25, -0.2) is 0 Å². The predicted octanol–water partition coefficient (Wildman–Crippen LogP) is 3.47. The third-order valence-electron chi connectivity index (χ3n) is 5.77. The number of nitriles is 1. The van der Waals surface area contributed by atoms with E-state index in [1.54, 1.807) is 6.08 Å². The second kappa shape index (κ2) is 3.28. The molecule has 0 saturated heterocycles. The van der Waals surface area contributed by atoms with Crippen molar-refractivity contribution in [3.8, 4) is 6.07 Å². The minimum absolute atomic E-state index is 0.100. The summed E-state index contributed by atoms with van der Waals surface area (Å²) in [6, 6.07) is 2.56. The Labute approximate surface area is 117 Å². The normalized spacial score (nSPS) is 53.0. The van der Waals surface area contributed by atoms with Gasteiger partial charge in [0, 0.05) is 5.41 Å². The Morgan fingerprint density at radius 3 is 2.72 bits per heavy atom. The summed E-state index contributed by atoms with van der Waals surface area (Å²) in [5.41, 5.74) is -0.767. The number of hydrogen-bond donors (Lipinski definition) is 0. The van der Waals surface area contributed by atoms with Crippen molar-refractivity contribution in [1.29, 1.82) is 5.26 Å². The zero-order valence-electron chi connectivity index (χ0n) is 11.0. The molecule has 5 atom stereocenters. The predicted molar refractivity (Wildman–Crippen MR) is 73.0 cm³/mol. The first-order valence-electron chi connectivity index (χ1n) is 6.74. The summed E-state index contributed by atoms with van der Waals surface area (Å²) in [6.07, 6.45) is 5.88. The number of nitrogens with zero attached hydrogens (tertiary/aromatic N) is 1. The molecule has 1 spiro atoms. The quantitative estimate of drug-likeness (QED) is 0.696. The lowest BCUT2D eigenvalue weighted by Gasteiger charge is -2.37. The van der Waals surface area contributed by atoms with Gasteiger partial charge in [-0.3, -0.25) is 4.79 Å². The molecular weight excluding hydrogens is 290 g/mol. The Balaban J connectivity index is 2.22. The molecule has 0 aromatic carbocycles. The Kier molecular flexibility index (Phi) is 2.26. The number of hydrogen-bond acceptors (Lipinski definition) is 2. The molecule has 0 unspecified atom stereocenters. The van der Waals surface area contributed by atoms with Crippen LogP contribution in [0.2, 0.25) is 0 Å². The van der Waals surface area contributed by atoms with Crippen LogP contribution in [0.4, 0.5) is 0 Å². The topological polar surface area (TPSA) is 40.9 Å². The van der Waals surface area contributed by atoms with Crippen molar-refractivity contribution in [3.63, 3.8) is 0 Å². The van der Waals surface area contributed by atoms with Gasteiger partial charge in [0.1, 0.15) is 4.32 Å². The molecule has 0 heterocycles. The number of alkyl halides is 1. The molecule has 0 aromatic rings. The average molecular weight is 308 g/mol. The van der Waals surface area contributed by atoms with Crippen molar-refractivity contribution in [1.82, 2.24) is 0 Å². The van der Waals surface area contributed by atoms with E-state index in [0.717, 1.165) is 12.8 Å². The third kappa shape index (κ3) is 0.872. The number of fused-ring (bicyclic) bond motifs is 1. The minimum atomic E-state index is -0.632. The summed E-state index contributed by atoms with van der Waals surface area (Å²) < 4.78 is -0.632. The van der Waals surface area contributed by atoms with Gasteiger partial charge in [-0.15, -0.1) is 0 Å². The van der Waals surface area contributed by atoms with E-state index in [4.69, 9.17) is 0 Å². The van der Waals surface area contributed by atoms with E-state index in [0.29, 0.717) is 17.8 Å². The zero-order valence-corrected chi connectivity index (χ0v) is 12.6. The van der Waals surface area contributed by atoms with Crippen LogP contribution in [0.1, 0.15) is 33.6 Å². The highest BCUT2D eigenvalue weighted by Gasteiger charge is 2.94. The van der Waals surface area contributed by atoms with E-state index >= 15 is 0 Å². The number of allylic oxidation sites excluding steroid dienone is 2. The molecule has 3 heteroatoms. The molecule has 0 radical (unpaired) electrons. The molecule has 0 aromatic heterocycles. The summed E-state index contributed by atoms with van der Waals surface area (Å²) in [4.78, 5) is 12.3. The molecule has 18 heavy (non-hydrogen) atoms. The van der Waals surface area contributed by atoms with Gasteiger partial charge in [0.15, 0.2) is 5.78 Å². The minimum Gasteiger partial charge on any atom is -0.293 e. The van der Waals surface area contributed by atoms with Crippen molar-refractivity contribution < 1.29 is 4.79 Å². The lowest BCUT2D eigenvalue weighted by atomic mass is 9.64. The highest BCUT2D eigenvalue weighted by molar-refractivity contribution is 9.10. The van der Waals surface area contributed by atoms with E-state index in [-0.39, 0.29) is 11.2 Å². The molecule has 0 amide bonds. The van der Waals surface area contributed by atoms with Gasteiger partial charge in [0.2, 0.25) is 0 Å². The van der Waals surface area contributed by atoms with Crippen LogP contribution in [0.15, 0.2) is 12.2 Å². The Morgan fingerprint density at radius 1 is 1.50 bits per heavy atom. The molecule has 3 aliphatic rings. The van der Waals surface area contributed by atoms with Crippen molar-refractivity contribution in [2.45, 2.75) is 37.9 Å². The van der Waals surface area contributed by atoms with Crippen molar-refractivity contribution in [2.24, 2.45) is 28.6 Å². The fourth-order valence-electron chi connectivity index (χ4n) is 4.98. The largest absolute Gasteiger partial charge is 0.293 e. The van der Waals surface area contributed by atoms with Crippen LogP contribution in [0, 0.1) is 39.9 Å². The maximum Gasteiger partial charge on any atom is 0.174 e. The monoisotopic (exact) mass is 307 g/mol. The molecule has 0 N–H and O–H groups in total. The van der Waals surface area contributed by atoms with Crippen LogP contribution in [-0.2, 0) is 4.79 Å². The number of halogens is 1. The van der Waals surface area contributed by atoms with E-state index in [1.165, 1.54) is 0 Å². The van der Waals surface area contributed by atoms with Crippen molar-refractivity contribution in [3.05, 3.63) is 12.2 Å². The highest BCUT2D eigenvalue weighted by Crippen LogP contribution is 2.88. The summed E-state index contributed by atoms with van der Waals surface area (Å²) in [7, 11) is 0. The molecule has 0 aliphatic heterocycles. The van der Waals surface area contributed by atoms with E-state index in [2.05, 4.69) is 42.8 Å². The number of rotatable bonds is 1. The van der Waals surface area contributed by atoms with Crippen LogP contribution in [-0.4, -0.2) is 10.1 Å². The smallest absolute Gasteiger partial charge is 0.174 e. The molecule has 2 fully saturated rings. The summed E-state index contributed by atoms with van der Waals surface area (Å²) in [5, 5.41) is 9.85. The third-order valence-corrected chi connectivity index (χ3v) is 7.44. The van der Waals surface area contributed by atoms with Crippen LogP contribution < -0.4 is 0 Å². The van der Waals surface area contributed by atoms with Crippen molar-refractivity contribution in [2.75, 3.05) is 0 Å². The van der Waals surface area contributed by atoms with Gasteiger partial charge >= 0.3 is 0 Å². The van der Waals surface area contributed by atoms with Crippen LogP contribution in [0.5, 0.6) is 0 Å². The molecule has 0 bridgehead atoms. The van der Waals surface area contributed by atoms with Crippen molar-refractivity contribution >= 4 is 21.7 Å². The lowest BCUT2D eigenvalue weighted by molar-refractivity contribution is -0.115.